The molecule has 0 saturated carbocycles. The maximum atomic E-state index is 12.3. The Balaban J connectivity index is 2.13. The average molecular weight is 369 g/mol. The van der Waals surface area contributed by atoms with Gasteiger partial charge in [-0.1, -0.05) is 24.3 Å². The Kier molecular flexibility index (Phi) is 6.64. The van der Waals surface area contributed by atoms with Crippen LogP contribution in [0.1, 0.15) is 22.3 Å². The number of benzene rings is 2. The summed E-state index contributed by atoms with van der Waals surface area (Å²) in [6, 6.07) is 11.5. The van der Waals surface area contributed by atoms with Gasteiger partial charge < -0.3 is 10.2 Å². The van der Waals surface area contributed by atoms with E-state index in [1.807, 2.05) is 31.2 Å². The Morgan fingerprint density at radius 1 is 1.00 bits per heavy atom. The van der Waals surface area contributed by atoms with Crippen LogP contribution in [-0.4, -0.2) is 30.1 Å². The minimum Gasteiger partial charge on any atom is -0.339 e. The monoisotopic (exact) mass is 368 g/mol. The van der Waals surface area contributed by atoms with Crippen LogP contribution in [0.25, 0.3) is 6.08 Å². The molecular weight excluding hydrogens is 344 g/mol. The first-order valence-corrected chi connectivity index (χ1v) is 9.14. The quantitative estimate of drug-likeness (QED) is 0.608. The van der Waals surface area contributed by atoms with E-state index >= 15 is 0 Å². The van der Waals surface area contributed by atoms with Gasteiger partial charge in [-0.05, 0) is 73.0 Å². The molecule has 0 fully saturated rings. The van der Waals surface area contributed by atoms with Crippen molar-refractivity contribution in [2.75, 3.05) is 19.4 Å². The van der Waals surface area contributed by atoms with Crippen molar-refractivity contribution in [1.82, 2.24) is 4.90 Å². The van der Waals surface area contributed by atoms with Crippen LogP contribution >= 0.6 is 11.8 Å². The van der Waals surface area contributed by atoms with Crippen LogP contribution in [0.3, 0.4) is 0 Å². The van der Waals surface area contributed by atoms with Gasteiger partial charge in [-0.3, -0.25) is 9.59 Å². The van der Waals surface area contributed by atoms with Crippen molar-refractivity contribution in [3.05, 3.63) is 64.7 Å². The van der Waals surface area contributed by atoms with Gasteiger partial charge in [-0.15, -0.1) is 0 Å². The number of carbonyl (C=O) groups excluding carboxylic acids is 2. The maximum absolute atomic E-state index is 12.3. The SMILES string of the molecule is Cc1cc(C)c(/C=C/C(=O)Nc2ccccc2SC(=O)N(C)C)cc1C. The first-order chi connectivity index (χ1) is 12.3. The molecular formula is C21H24N2O2S. The minimum absolute atomic E-state index is 0.0898. The Labute approximate surface area is 159 Å². The number of para-hydroxylation sites is 1. The van der Waals surface area contributed by atoms with Crippen molar-refractivity contribution in [2.45, 2.75) is 25.7 Å². The maximum Gasteiger partial charge on any atom is 0.286 e. The molecule has 2 amide bonds. The predicted molar refractivity (Wildman–Crippen MR) is 110 cm³/mol. The number of rotatable bonds is 4. The molecule has 5 heteroatoms. The van der Waals surface area contributed by atoms with Crippen molar-refractivity contribution < 1.29 is 9.59 Å². The van der Waals surface area contributed by atoms with E-state index in [0.717, 1.165) is 27.8 Å². The average Bonchev–Trinajstić information content (AvgIpc) is 2.58. The molecule has 4 nitrogen and oxygen atoms in total. The molecule has 2 aromatic rings. The van der Waals surface area contributed by atoms with Crippen molar-refractivity contribution in [3.8, 4) is 0 Å². The third kappa shape index (κ3) is 5.23. The van der Waals surface area contributed by atoms with E-state index in [1.165, 1.54) is 22.1 Å². The highest BCUT2D eigenvalue weighted by Gasteiger charge is 2.11. The van der Waals surface area contributed by atoms with Crippen LogP contribution < -0.4 is 5.32 Å². The number of hydrogen-bond donors (Lipinski definition) is 1. The van der Waals surface area contributed by atoms with Crippen LogP contribution in [0.15, 0.2) is 47.4 Å². The number of anilines is 1. The number of aryl methyl sites for hydroxylation is 3. The molecule has 26 heavy (non-hydrogen) atoms. The summed E-state index contributed by atoms with van der Waals surface area (Å²) in [7, 11) is 3.40. The number of thioether (sulfide) groups is 1. The summed E-state index contributed by atoms with van der Waals surface area (Å²) in [4.78, 5) is 26.5. The fraction of sp³-hybridized carbons (Fsp3) is 0.238. The van der Waals surface area contributed by atoms with Crippen molar-refractivity contribution in [3.63, 3.8) is 0 Å². The molecule has 0 spiro atoms. The Morgan fingerprint density at radius 2 is 1.65 bits per heavy atom. The van der Waals surface area contributed by atoms with Gasteiger partial charge in [0.1, 0.15) is 0 Å². The van der Waals surface area contributed by atoms with Gasteiger partial charge in [0.15, 0.2) is 0 Å². The normalized spacial score (nSPS) is 10.8. The van der Waals surface area contributed by atoms with E-state index in [0.29, 0.717) is 5.69 Å². The number of amides is 2. The molecule has 2 rings (SSSR count). The Bertz CT molecular complexity index is 857. The largest absolute Gasteiger partial charge is 0.339 e. The molecule has 0 unspecified atom stereocenters. The lowest BCUT2D eigenvalue weighted by molar-refractivity contribution is -0.111. The fourth-order valence-electron chi connectivity index (χ4n) is 2.35. The molecule has 0 saturated heterocycles. The summed E-state index contributed by atoms with van der Waals surface area (Å²) in [6.45, 7) is 6.16. The van der Waals surface area contributed by atoms with E-state index < -0.39 is 0 Å². The first kappa shape index (κ1) is 19.8. The summed E-state index contributed by atoms with van der Waals surface area (Å²) in [6.07, 6.45) is 3.34. The lowest BCUT2D eigenvalue weighted by Gasteiger charge is -2.12. The highest BCUT2D eigenvalue weighted by molar-refractivity contribution is 8.13. The molecule has 136 valence electrons. The summed E-state index contributed by atoms with van der Waals surface area (Å²) in [5.41, 5.74) is 5.21. The second kappa shape index (κ2) is 8.72. The van der Waals surface area contributed by atoms with Crippen molar-refractivity contribution in [2.24, 2.45) is 0 Å². The predicted octanol–water partition coefficient (Wildman–Crippen LogP) is 5.04. The molecule has 0 aliphatic heterocycles. The fourth-order valence-corrected chi connectivity index (χ4v) is 3.09. The van der Waals surface area contributed by atoms with E-state index in [4.69, 9.17) is 0 Å². The van der Waals surface area contributed by atoms with Gasteiger partial charge in [-0.2, -0.15) is 0 Å². The van der Waals surface area contributed by atoms with E-state index in [-0.39, 0.29) is 11.1 Å². The van der Waals surface area contributed by atoms with Gasteiger partial charge in [0, 0.05) is 25.1 Å². The van der Waals surface area contributed by atoms with E-state index in [9.17, 15) is 9.59 Å². The van der Waals surface area contributed by atoms with Crippen LogP contribution in [0.2, 0.25) is 0 Å². The highest BCUT2D eigenvalue weighted by atomic mass is 32.2. The van der Waals surface area contributed by atoms with Crippen LogP contribution in [-0.2, 0) is 4.79 Å². The van der Waals surface area contributed by atoms with Gasteiger partial charge >= 0.3 is 0 Å². The number of hydrogen-bond acceptors (Lipinski definition) is 3. The molecule has 0 radical (unpaired) electrons. The third-order valence-corrected chi connectivity index (χ3v) is 5.12. The topological polar surface area (TPSA) is 49.4 Å². The summed E-state index contributed by atoms with van der Waals surface area (Å²) < 4.78 is 0. The molecule has 1 N–H and O–H groups in total. The van der Waals surface area contributed by atoms with Crippen LogP contribution in [0.5, 0.6) is 0 Å². The molecule has 0 aliphatic rings. The van der Waals surface area contributed by atoms with E-state index in [2.05, 4.69) is 31.3 Å². The van der Waals surface area contributed by atoms with Crippen molar-refractivity contribution >= 4 is 34.7 Å². The van der Waals surface area contributed by atoms with Gasteiger partial charge in [0.05, 0.1) is 5.69 Å². The standard InChI is InChI=1S/C21H24N2O2S/c1-14-12-16(3)17(13-15(14)2)10-11-20(24)22-18-8-6-7-9-19(18)26-21(25)23(4)5/h6-13H,1-5H3,(H,22,24)/b11-10+. The molecule has 0 aromatic heterocycles. The number of nitrogens with zero attached hydrogens (tertiary/aromatic N) is 1. The lowest BCUT2D eigenvalue weighted by atomic mass is 10.0. The zero-order valence-corrected chi connectivity index (χ0v) is 16.6. The smallest absolute Gasteiger partial charge is 0.286 e. The first-order valence-electron chi connectivity index (χ1n) is 8.33. The number of nitrogens with one attached hydrogen (secondary N) is 1. The summed E-state index contributed by atoms with van der Waals surface area (Å²) in [5, 5.41) is 2.76. The molecule has 0 atom stereocenters. The molecule has 0 aliphatic carbocycles. The second-order valence-corrected chi connectivity index (χ2v) is 7.37. The Morgan fingerprint density at radius 3 is 2.35 bits per heavy atom. The number of carbonyl (C=O) groups is 2. The van der Waals surface area contributed by atoms with Gasteiger partial charge in [-0.25, -0.2) is 0 Å². The summed E-state index contributed by atoms with van der Waals surface area (Å²) in [5.74, 6) is -0.229. The van der Waals surface area contributed by atoms with Crippen LogP contribution in [0, 0.1) is 20.8 Å². The molecule has 2 aromatic carbocycles. The third-order valence-electron chi connectivity index (χ3n) is 4.00. The van der Waals surface area contributed by atoms with Crippen molar-refractivity contribution in [1.29, 1.82) is 0 Å². The zero-order valence-electron chi connectivity index (χ0n) is 15.8. The zero-order chi connectivity index (χ0) is 19.3. The van der Waals surface area contributed by atoms with Crippen LogP contribution in [0.4, 0.5) is 10.5 Å². The van der Waals surface area contributed by atoms with Gasteiger partial charge in [0.25, 0.3) is 5.24 Å². The molecule has 0 bridgehead atoms. The van der Waals surface area contributed by atoms with Gasteiger partial charge in [0.2, 0.25) is 5.91 Å². The van der Waals surface area contributed by atoms with E-state index in [1.54, 1.807) is 20.2 Å². The molecule has 0 heterocycles. The Hall–Kier alpha value is -2.53. The summed E-state index contributed by atoms with van der Waals surface area (Å²) >= 11 is 1.09. The lowest BCUT2D eigenvalue weighted by Crippen LogP contribution is -2.16. The second-order valence-electron chi connectivity index (χ2n) is 6.37. The minimum atomic E-state index is -0.229. The highest BCUT2D eigenvalue weighted by Crippen LogP contribution is 2.28.